The first-order valence-corrected chi connectivity index (χ1v) is 5.35. The van der Waals surface area contributed by atoms with Crippen LogP contribution in [0.2, 0.25) is 0 Å². The molecule has 0 atom stereocenters. The lowest BCUT2D eigenvalue weighted by Gasteiger charge is -2.02. The Labute approximate surface area is 79.5 Å². The summed E-state index contributed by atoms with van der Waals surface area (Å²) < 4.78 is 5.14. The average molecular weight is 176 g/mol. The largest absolute Gasteiger partial charge is 0.382 e. The van der Waals surface area contributed by atoms with Crippen LogP contribution in [-0.2, 0) is 4.74 Å². The van der Waals surface area contributed by atoms with Crippen molar-refractivity contribution >= 4 is 0 Å². The highest BCUT2D eigenvalue weighted by Gasteiger charge is 1.90. The molecule has 0 aliphatic heterocycles. The van der Waals surface area contributed by atoms with E-state index in [4.69, 9.17) is 4.74 Å². The van der Waals surface area contributed by atoms with Gasteiger partial charge >= 0.3 is 0 Å². The van der Waals surface area contributed by atoms with Gasteiger partial charge < -0.3 is 4.74 Å². The first kappa shape index (κ1) is 17.9. The Bertz CT molecular complexity index is 42.3. The van der Waals surface area contributed by atoms with Crippen LogP contribution in [-0.4, -0.2) is 13.2 Å². The van der Waals surface area contributed by atoms with Crippen LogP contribution in [0.15, 0.2) is 0 Å². The van der Waals surface area contributed by atoms with E-state index in [9.17, 15) is 0 Å². The molecule has 0 amide bonds. The van der Waals surface area contributed by atoms with E-state index in [1.807, 2.05) is 34.6 Å². The molecule has 0 saturated carbocycles. The minimum atomic E-state index is 0.779. The van der Waals surface area contributed by atoms with E-state index in [-0.39, 0.29) is 0 Å². The van der Waals surface area contributed by atoms with Crippen LogP contribution in [0.25, 0.3) is 0 Å². The quantitative estimate of drug-likeness (QED) is 0.585. The van der Waals surface area contributed by atoms with Crippen molar-refractivity contribution in [3.63, 3.8) is 0 Å². The summed E-state index contributed by atoms with van der Waals surface area (Å²) in [5.74, 6) is 0.779. The van der Waals surface area contributed by atoms with E-state index in [0.717, 1.165) is 19.1 Å². The zero-order chi connectivity index (χ0) is 10.4. The van der Waals surface area contributed by atoms with Gasteiger partial charge in [-0.05, 0) is 19.3 Å². The second-order valence-corrected chi connectivity index (χ2v) is 2.38. The summed E-state index contributed by atoms with van der Waals surface area (Å²) in [6, 6.07) is 0. The van der Waals surface area contributed by atoms with E-state index in [1.165, 1.54) is 6.42 Å². The predicted octanol–water partition coefficient (Wildman–Crippen LogP) is 4.12. The molecule has 0 unspecified atom stereocenters. The van der Waals surface area contributed by atoms with Gasteiger partial charge in [0.15, 0.2) is 0 Å². The van der Waals surface area contributed by atoms with E-state index >= 15 is 0 Å². The van der Waals surface area contributed by atoms with Crippen molar-refractivity contribution in [3.05, 3.63) is 0 Å². The van der Waals surface area contributed by atoms with Crippen molar-refractivity contribution in [2.24, 2.45) is 5.92 Å². The highest BCUT2D eigenvalue weighted by Crippen LogP contribution is 1.97. The molecule has 0 rings (SSSR count). The van der Waals surface area contributed by atoms with E-state index < -0.39 is 0 Å². The van der Waals surface area contributed by atoms with Gasteiger partial charge in [0.25, 0.3) is 0 Å². The first-order chi connectivity index (χ1) is 5.77. The lowest BCUT2D eigenvalue weighted by atomic mass is 10.1. The molecule has 0 aliphatic carbocycles. The van der Waals surface area contributed by atoms with Gasteiger partial charge in [-0.1, -0.05) is 41.5 Å². The fourth-order valence-electron chi connectivity index (χ4n) is 0.463. The summed E-state index contributed by atoms with van der Waals surface area (Å²) in [6.45, 7) is 16.2. The van der Waals surface area contributed by atoms with Gasteiger partial charge in [0.05, 0.1) is 0 Å². The van der Waals surface area contributed by atoms with Crippen LogP contribution in [0, 0.1) is 5.92 Å². The summed E-state index contributed by atoms with van der Waals surface area (Å²) in [4.78, 5) is 0. The van der Waals surface area contributed by atoms with Crippen molar-refractivity contribution in [2.45, 2.75) is 54.9 Å². The fraction of sp³-hybridized carbons (Fsp3) is 1.00. The molecule has 0 radical (unpaired) electrons. The second-order valence-electron chi connectivity index (χ2n) is 2.38. The minimum Gasteiger partial charge on any atom is -0.382 e. The van der Waals surface area contributed by atoms with Gasteiger partial charge in [-0.3, -0.25) is 0 Å². The zero-order valence-corrected chi connectivity index (χ0v) is 10.1. The molecule has 0 aromatic rings. The normalized spacial score (nSPS) is 8.00. The standard InChI is InChI=1S/C7H16O.2C2H6/c1-4-8-6-5-7(2)3;2*1-2/h7H,4-6H2,1-3H3;2*1-2H3. The summed E-state index contributed by atoms with van der Waals surface area (Å²) in [6.07, 6.45) is 1.19. The SMILES string of the molecule is CC.CC.CCOCCC(C)C. The van der Waals surface area contributed by atoms with Gasteiger partial charge in [-0.25, -0.2) is 0 Å². The number of hydrogen-bond acceptors (Lipinski definition) is 1. The van der Waals surface area contributed by atoms with Crippen LogP contribution in [0.5, 0.6) is 0 Å². The Balaban J connectivity index is -0.000000175. The highest BCUT2D eigenvalue weighted by molar-refractivity contribution is 4.41. The molecule has 0 aliphatic rings. The monoisotopic (exact) mass is 176 g/mol. The summed E-state index contributed by atoms with van der Waals surface area (Å²) >= 11 is 0. The molecule has 78 valence electrons. The Morgan fingerprint density at radius 1 is 1.00 bits per heavy atom. The smallest absolute Gasteiger partial charge is 0.0468 e. The summed E-state index contributed by atoms with van der Waals surface area (Å²) in [5.41, 5.74) is 0. The molecule has 1 heteroatoms. The average Bonchev–Trinajstić information content (AvgIpc) is 2.12. The lowest BCUT2D eigenvalue weighted by Crippen LogP contribution is -1.97. The predicted molar refractivity (Wildman–Crippen MR) is 58.6 cm³/mol. The van der Waals surface area contributed by atoms with Gasteiger partial charge in [0.1, 0.15) is 0 Å². The van der Waals surface area contributed by atoms with E-state index in [2.05, 4.69) is 13.8 Å². The molecule has 0 N–H and O–H groups in total. The first-order valence-electron chi connectivity index (χ1n) is 5.35. The summed E-state index contributed by atoms with van der Waals surface area (Å²) in [5, 5.41) is 0. The van der Waals surface area contributed by atoms with Crippen LogP contribution < -0.4 is 0 Å². The van der Waals surface area contributed by atoms with Crippen molar-refractivity contribution in [1.29, 1.82) is 0 Å². The molecule has 0 spiro atoms. The van der Waals surface area contributed by atoms with Crippen molar-refractivity contribution in [2.75, 3.05) is 13.2 Å². The molecule has 0 fully saturated rings. The number of ether oxygens (including phenoxy) is 1. The Morgan fingerprint density at radius 2 is 1.42 bits per heavy atom. The Kier molecular flexibility index (Phi) is 33.5. The Hall–Kier alpha value is -0.0400. The maximum absolute atomic E-state index is 5.14. The molecular weight excluding hydrogens is 148 g/mol. The molecule has 0 aromatic heterocycles. The van der Waals surface area contributed by atoms with Gasteiger partial charge in [-0.15, -0.1) is 0 Å². The van der Waals surface area contributed by atoms with Crippen LogP contribution in [0.3, 0.4) is 0 Å². The van der Waals surface area contributed by atoms with Crippen LogP contribution in [0.4, 0.5) is 0 Å². The van der Waals surface area contributed by atoms with Gasteiger partial charge in [0.2, 0.25) is 0 Å². The minimum absolute atomic E-state index is 0.779. The highest BCUT2D eigenvalue weighted by atomic mass is 16.5. The third-order valence-electron chi connectivity index (χ3n) is 1.04. The van der Waals surface area contributed by atoms with Gasteiger partial charge in [-0.2, -0.15) is 0 Å². The molecule has 0 heterocycles. The topological polar surface area (TPSA) is 9.23 Å². The second kappa shape index (κ2) is 22.4. The maximum atomic E-state index is 5.14. The van der Waals surface area contributed by atoms with Gasteiger partial charge in [0, 0.05) is 13.2 Å². The molecule has 0 bridgehead atoms. The van der Waals surface area contributed by atoms with E-state index in [1.54, 1.807) is 0 Å². The summed E-state index contributed by atoms with van der Waals surface area (Å²) in [7, 11) is 0. The van der Waals surface area contributed by atoms with Crippen LogP contribution in [0.1, 0.15) is 54.9 Å². The zero-order valence-electron chi connectivity index (χ0n) is 10.1. The molecular formula is C11H28O. The van der Waals surface area contributed by atoms with Crippen LogP contribution >= 0.6 is 0 Å². The Morgan fingerprint density at radius 3 is 1.67 bits per heavy atom. The number of rotatable bonds is 4. The molecule has 0 saturated heterocycles. The lowest BCUT2D eigenvalue weighted by molar-refractivity contribution is 0.136. The van der Waals surface area contributed by atoms with Crippen molar-refractivity contribution in [3.8, 4) is 0 Å². The third-order valence-corrected chi connectivity index (χ3v) is 1.04. The third kappa shape index (κ3) is 32.5. The molecule has 12 heavy (non-hydrogen) atoms. The van der Waals surface area contributed by atoms with Crippen molar-refractivity contribution < 1.29 is 4.74 Å². The number of hydrogen-bond donors (Lipinski definition) is 0. The fourth-order valence-corrected chi connectivity index (χ4v) is 0.463. The van der Waals surface area contributed by atoms with Crippen molar-refractivity contribution in [1.82, 2.24) is 0 Å². The maximum Gasteiger partial charge on any atom is 0.0468 e. The molecule has 1 nitrogen and oxygen atoms in total. The van der Waals surface area contributed by atoms with E-state index in [0.29, 0.717) is 0 Å². The molecule has 0 aromatic carbocycles.